The van der Waals surface area contributed by atoms with Crippen molar-refractivity contribution in [3.05, 3.63) is 102 Å². The summed E-state index contributed by atoms with van der Waals surface area (Å²) in [6.45, 7) is 0.543. The molecular formula is C26H26N2O2. The number of hydrogen-bond acceptors (Lipinski definition) is 2. The lowest BCUT2D eigenvalue weighted by atomic mass is 9.90. The lowest BCUT2D eigenvalue weighted by Gasteiger charge is -2.19. The van der Waals surface area contributed by atoms with E-state index < -0.39 is 0 Å². The largest absolute Gasteiger partial charge is 0.497 e. The Kier molecular flexibility index (Phi) is 6.14. The van der Waals surface area contributed by atoms with Gasteiger partial charge in [-0.1, -0.05) is 60.7 Å². The molecule has 152 valence electrons. The molecular weight excluding hydrogens is 372 g/mol. The zero-order valence-corrected chi connectivity index (χ0v) is 17.1. The van der Waals surface area contributed by atoms with Crippen molar-refractivity contribution in [2.45, 2.75) is 18.8 Å². The lowest BCUT2D eigenvalue weighted by Crippen LogP contribution is -2.29. The summed E-state index contributed by atoms with van der Waals surface area (Å²) in [6, 6.07) is 26.4. The maximum atomic E-state index is 12.5. The minimum Gasteiger partial charge on any atom is -0.497 e. The van der Waals surface area contributed by atoms with Gasteiger partial charge < -0.3 is 15.0 Å². The van der Waals surface area contributed by atoms with E-state index in [0.717, 1.165) is 23.3 Å². The lowest BCUT2D eigenvalue weighted by molar-refractivity contribution is -0.121. The Hall–Kier alpha value is -3.53. The highest BCUT2D eigenvalue weighted by Crippen LogP contribution is 2.31. The molecule has 0 spiro atoms. The van der Waals surface area contributed by atoms with Crippen molar-refractivity contribution >= 4 is 16.8 Å². The van der Waals surface area contributed by atoms with Gasteiger partial charge in [-0.05, 0) is 41.3 Å². The number of methoxy groups -OCH3 is 1. The van der Waals surface area contributed by atoms with Crippen molar-refractivity contribution < 1.29 is 9.53 Å². The number of aromatic nitrogens is 1. The van der Waals surface area contributed by atoms with Gasteiger partial charge in [-0.2, -0.15) is 0 Å². The second-order valence-electron chi connectivity index (χ2n) is 7.41. The second-order valence-corrected chi connectivity index (χ2v) is 7.41. The highest BCUT2D eigenvalue weighted by atomic mass is 16.5. The molecule has 1 aromatic heterocycles. The number of nitrogens with one attached hydrogen (secondary N) is 2. The molecule has 2 N–H and O–H groups in total. The molecule has 4 heteroatoms. The van der Waals surface area contributed by atoms with E-state index in [1.54, 1.807) is 7.11 Å². The fourth-order valence-electron chi connectivity index (χ4n) is 3.83. The van der Waals surface area contributed by atoms with E-state index in [9.17, 15) is 4.79 Å². The van der Waals surface area contributed by atoms with Crippen molar-refractivity contribution in [3.8, 4) is 5.75 Å². The van der Waals surface area contributed by atoms with Crippen LogP contribution in [0.5, 0.6) is 5.75 Å². The molecule has 30 heavy (non-hydrogen) atoms. The van der Waals surface area contributed by atoms with Crippen molar-refractivity contribution in [2.75, 3.05) is 13.7 Å². The van der Waals surface area contributed by atoms with Crippen LogP contribution in [0.2, 0.25) is 0 Å². The van der Waals surface area contributed by atoms with Crippen LogP contribution < -0.4 is 10.1 Å². The Balaban J connectivity index is 1.52. The molecule has 0 saturated carbocycles. The second kappa shape index (κ2) is 9.31. The molecule has 0 aliphatic carbocycles. The van der Waals surface area contributed by atoms with E-state index in [1.165, 1.54) is 16.5 Å². The number of benzene rings is 3. The molecule has 3 aromatic carbocycles. The number of carbonyl (C=O) groups excluding carboxylic acids is 1. The quantitative estimate of drug-likeness (QED) is 0.436. The SMILES string of the molecule is COc1ccc(C(CNC(=O)CCc2ccccc2)c2c[nH]c3ccccc23)cc1. The summed E-state index contributed by atoms with van der Waals surface area (Å²) in [5, 5.41) is 4.33. The number of ether oxygens (including phenoxy) is 1. The number of fused-ring (bicyclic) bond motifs is 1. The topological polar surface area (TPSA) is 54.1 Å². The number of para-hydroxylation sites is 1. The Morgan fingerprint density at radius 2 is 1.70 bits per heavy atom. The van der Waals surface area contributed by atoms with Gasteiger partial charge in [-0.15, -0.1) is 0 Å². The molecule has 0 saturated heterocycles. The minimum atomic E-state index is 0.0488. The van der Waals surface area contributed by atoms with Crippen LogP contribution in [-0.4, -0.2) is 24.5 Å². The zero-order valence-electron chi connectivity index (χ0n) is 17.1. The molecule has 1 unspecified atom stereocenters. The van der Waals surface area contributed by atoms with E-state index in [0.29, 0.717) is 13.0 Å². The first kappa shape index (κ1) is 19.8. The van der Waals surface area contributed by atoms with Crippen molar-refractivity contribution in [1.29, 1.82) is 0 Å². The maximum absolute atomic E-state index is 12.5. The summed E-state index contributed by atoms with van der Waals surface area (Å²) in [6.07, 6.45) is 3.27. The molecule has 0 aliphatic rings. The van der Waals surface area contributed by atoms with Gasteiger partial charge >= 0.3 is 0 Å². The van der Waals surface area contributed by atoms with Crippen LogP contribution >= 0.6 is 0 Å². The molecule has 0 fully saturated rings. The average Bonchev–Trinajstić information content (AvgIpc) is 3.23. The number of rotatable bonds is 8. The summed E-state index contributed by atoms with van der Waals surface area (Å²) < 4.78 is 5.31. The van der Waals surface area contributed by atoms with Gasteiger partial charge in [0.05, 0.1) is 7.11 Å². The first-order chi connectivity index (χ1) is 14.7. The Morgan fingerprint density at radius 1 is 0.967 bits per heavy atom. The number of carbonyl (C=O) groups is 1. The molecule has 0 radical (unpaired) electrons. The normalized spacial score (nSPS) is 11.9. The van der Waals surface area contributed by atoms with Crippen LogP contribution in [0.25, 0.3) is 10.9 Å². The van der Waals surface area contributed by atoms with Gasteiger partial charge in [-0.25, -0.2) is 0 Å². The monoisotopic (exact) mass is 398 g/mol. The average molecular weight is 399 g/mol. The molecule has 1 heterocycles. The van der Waals surface area contributed by atoms with Crippen LogP contribution in [0.15, 0.2) is 85.1 Å². The van der Waals surface area contributed by atoms with Gasteiger partial charge in [0.15, 0.2) is 0 Å². The fraction of sp³-hybridized carbons (Fsp3) is 0.192. The molecule has 0 bridgehead atoms. The highest BCUT2D eigenvalue weighted by Gasteiger charge is 2.19. The van der Waals surface area contributed by atoms with E-state index in [2.05, 4.69) is 52.9 Å². The Bertz CT molecular complexity index is 1100. The van der Waals surface area contributed by atoms with E-state index >= 15 is 0 Å². The molecule has 1 amide bonds. The molecule has 0 aliphatic heterocycles. The molecule has 4 aromatic rings. The molecule has 4 nitrogen and oxygen atoms in total. The summed E-state index contributed by atoms with van der Waals surface area (Å²) in [7, 11) is 1.67. The highest BCUT2D eigenvalue weighted by molar-refractivity contribution is 5.84. The summed E-state index contributed by atoms with van der Waals surface area (Å²) in [5.41, 5.74) is 4.60. The van der Waals surface area contributed by atoms with Crippen LogP contribution in [0.4, 0.5) is 0 Å². The maximum Gasteiger partial charge on any atom is 0.220 e. The van der Waals surface area contributed by atoms with E-state index in [4.69, 9.17) is 4.74 Å². The summed E-state index contributed by atoms with van der Waals surface area (Å²) in [4.78, 5) is 15.9. The smallest absolute Gasteiger partial charge is 0.220 e. The Labute approximate surface area is 176 Å². The number of aromatic amines is 1. The van der Waals surface area contributed by atoms with Crippen LogP contribution in [0.1, 0.15) is 29.0 Å². The van der Waals surface area contributed by atoms with Crippen LogP contribution in [-0.2, 0) is 11.2 Å². The molecule has 1 atom stereocenters. The fourth-order valence-corrected chi connectivity index (χ4v) is 3.83. The van der Waals surface area contributed by atoms with Gasteiger partial charge in [0.1, 0.15) is 5.75 Å². The predicted octanol–water partition coefficient (Wildman–Crippen LogP) is 5.06. The van der Waals surface area contributed by atoms with Gasteiger partial charge in [-0.3, -0.25) is 4.79 Å². The summed E-state index contributed by atoms with van der Waals surface area (Å²) >= 11 is 0. The van der Waals surface area contributed by atoms with Gasteiger partial charge in [0, 0.05) is 36.0 Å². The third kappa shape index (κ3) is 4.54. The van der Waals surface area contributed by atoms with Crippen molar-refractivity contribution in [2.24, 2.45) is 0 Å². The first-order valence-electron chi connectivity index (χ1n) is 10.2. The zero-order chi connectivity index (χ0) is 20.8. The third-order valence-corrected chi connectivity index (χ3v) is 5.50. The third-order valence-electron chi connectivity index (χ3n) is 5.50. The van der Waals surface area contributed by atoms with Crippen molar-refractivity contribution in [1.82, 2.24) is 10.3 Å². The van der Waals surface area contributed by atoms with Gasteiger partial charge in [0.2, 0.25) is 5.91 Å². The first-order valence-corrected chi connectivity index (χ1v) is 10.2. The summed E-state index contributed by atoms with van der Waals surface area (Å²) in [5.74, 6) is 0.938. The van der Waals surface area contributed by atoms with Crippen LogP contribution in [0, 0.1) is 0 Å². The van der Waals surface area contributed by atoms with Gasteiger partial charge in [0.25, 0.3) is 0 Å². The van der Waals surface area contributed by atoms with E-state index in [-0.39, 0.29) is 11.8 Å². The van der Waals surface area contributed by atoms with Crippen molar-refractivity contribution in [3.63, 3.8) is 0 Å². The number of amides is 1. The van der Waals surface area contributed by atoms with E-state index in [1.807, 2.05) is 42.5 Å². The standard InChI is InChI=1S/C26H26N2O2/c1-30-21-14-12-20(13-15-21)23(24-18-27-25-10-6-5-9-22(24)25)17-28-26(29)16-11-19-7-3-2-4-8-19/h2-10,12-15,18,23,27H,11,16-17H2,1H3,(H,28,29). The predicted molar refractivity (Wildman–Crippen MR) is 121 cm³/mol. The Morgan fingerprint density at radius 3 is 2.47 bits per heavy atom. The minimum absolute atomic E-state index is 0.0488. The number of hydrogen-bond donors (Lipinski definition) is 2. The molecule has 4 rings (SSSR count). The number of H-pyrrole nitrogens is 1. The number of aryl methyl sites for hydroxylation is 1. The van der Waals surface area contributed by atoms with Crippen LogP contribution in [0.3, 0.4) is 0 Å².